The van der Waals surface area contributed by atoms with Gasteiger partial charge in [0.15, 0.2) is 11.5 Å². The molecule has 0 atom stereocenters. The summed E-state index contributed by atoms with van der Waals surface area (Å²) in [4.78, 5) is 4.60. The van der Waals surface area contributed by atoms with E-state index < -0.39 is 0 Å². The second-order valence-electron chi connectivity index (χ2n) is 4.29. The van der Waals surface area contributed by atoms with Crippen LogP contribution in [0.1, 0.15) is 11.3 Å². The van der Waals surface area contributed by atoms with Crippen LogP contribution >= 0.6 is 12.2 Å². The second kappa shape index (κ2) is 6.41. The normalized spacial score (nSPS) is 10.0. The number of ether oxygens (including phenoxy) is 3. The minimum absolute atomic E-state index is 0.289. The molecule has 0 aliphatic heterocycles. The van der Waals surface area contributed by atoms with Gasteiger partial charge in [-0.25, -0.2) is 4.98 Å². The lowest BCUT2D eigenvalue weighted by Crippen LogP contribution is -2.10. The highest BCUT2D eigenvalue weighted by Gasteiger charge is 2.14. The zero-order valence-corrected chi connectivity index (χ0v) is 12.9. The molecule has 5 nitrogen and oxygen atoms in total. The van der Waals surface area contributed by atoms with Crippen molar-refractivity contribution in [2.45, 2.75) is 6.92 Å². The number of rotatable bonds is 5. The molecule has 0 aliphatic rings. The molecule has 0 saturated heterocycles. The van der Waals surface area contributed by atoms with E-state index in [4.69, 9.17) is 32.2 Å². The molecule has 1 heterocycles. The van der Waals surface area contributed by atoms with Gasteiger partial charge >= 0.3 is 0 Å². The van der Waals surface area contributed by atoms with Crippen molar-refractivity contribution in [3.8, 4) is 23.1 Å². The van der Waals surface area contributed by atoms with Crippen molar-refractivity contribution < 1.29 is 14.2 Å². The number of pyridine rings is 1. The molecule has 0 radical (unpaired) electrons. The maximum Gasteiger partial charge on any atom is 0.220 e. The number of hydrogen-bond donors (Lipinski definition) is 1. The first-order valence-electron chi connectivity index (χ1n) is 6.22. The van der Waals surface area contributed by atoms with Crippen LogP contribution in [-0.4, -0.2) is 24.2 Å². The molecule has 0 spiro atoms. The van der Waals surface area contributed by atoms with E-state index in [9.17, 15) is 0 Å². The molecule has 2 aromatic rings. The van der Waals surface area contributed by atoms with Crippen LogP contribution in [0, 0.1) is 6.92 Å². The van der Waals surface area contributed by atoms with Crippen molar-refractivity contribution in [2.24, 2.45) is 5.73 Å². The Hall–Kier alpha value is -2.34. The maximum atomic E-state index is 5.82. The topological polar surface area (TPSA) is 66.6 Å². The molecular weight excluding hydrogens is 288 g/mol. The minimum Gasteiger partial charge on any atom is -0.493 e. The summed E-state index contributed by atoms with van der Waals surface area (Å²) < 4.78 is 16.4. The Bertz CT molecular complexity index is 652. The first-order chi connectivity index (χ1) is 10.0. The van der Waals surface area contributed by atoms with Gasteiger partial charge in [-0.2, -0.15) is 0 Å². The van der Waals surface area contributed by atoms with E-state index in [0.717, 1.165) is 5.69 Å². The number of methoxy groups -OCH3 is 2. The first kappa shape index (κ1) is 15.1. The Balaban J connectivity index is 2.45. The lowest BCUT2D eigenvalue weighted by molar-refractivity contribution is 0.341. The lowest BCUT2D eigenvalue weighted by atomic mass is 10.2. The van der Waals surface area contributed by atoms with Gasteiger partial charge in [-0.05, 0) is 25.1 Å². The molecule has 0 fully saturated rings. The van der Waals surface area contributed by atoms with Gasteiger partial charge in [-0.3, -0.25) is 0 Å². The molecule has 6 heteroatoms. The van der Waals surface area contributed by atoms with E-state index in [2.05, 4.69) is 4.98 Å². The number of benzene rings is 1. The van der Waals surface area contributed by atoms with E-state index >= 15 is 0 Å². The van der Waals surface area contributed by atoms with Crippen LogP contribution in [0.15, 0.2) is 30.3 Å². The van der Waals surface area contributed by atoms with Crippen LogP contribution in [0.4, 0.5) is 0 Å². The van der Waals surface area contributed by atoms with Crippen LogP contribution in [0.2, 0.25) is 0 Å². The molecule has 0 aliphatic carbocycles. The van der Waals surface area contributed by atoms with Gasteiger partial charge in [0.2, 0.25) is 11.6 Å². The van der Waals surface area contributed by atoms with Crippen LogP contribution < -0.4 is 19.9 Å². The van der Waals surface area contributed by atoms with Gasteiger partial charge in [0.25, 0.3) is 0 Å². The summed E-state index contributed by atoms with van der Waals surface area (Å²) in [7, 11) is 3.12. The van der Waals surface area contributed by atoms with Gasteiger partial charge in [0.05, 0.1) is 14.2 Å². The van der Waals surface area contributed by atoms with Crippen LogP contribution in [0.25, 0.3) is 0 Å². The molecule has 1 aromatic heterocycles. The molecule has 21 heavy (non-hydrogen) atoms. The highest BCUT2D eigenvalue weighted by atomic mass is 32.1. The summed E-state index contributed by atoms with van der Waals surface area (Å²) in [6.45, 7) is 1.84. The van der Waals surface area contributed by atoms with Gasteiger partial charge in [-0.1, -0.05) is 18.3 Å². The fraction of sp³-hybridized carbons (Fsp3) is 0.200. The fourth-order valence-corrected chi connectivity index (χ4v) is 1.97. The smallest absolute Gasteiger partial charge is 0.220 e. The number of aromatic nitrogens is 1. The van der Waals surface area contributed by atoms with E-state index in [-0.39, 0.29) is 4.99 Å². The third kappa shape index (κ3) is 3.41. The van der Waals surface area contributed by atoms with Crippen LogP contribution in [0.3, 0.4) is 0 Å². The average Bonchev–Trinajstić information content (AvgIpc) is 2.46. The predicted octanol–water partition coefficient (Wildman–Crippen LogP) is 2.83. The molecular formula is C15H16N2O3S. The Kier molecular flexibility index (Phi) is 4.59. The molecule has 0 saturated carbocycles. The summed E-state index contributed by atoms with van der Waals surface area (Å²) in [5.74, 6) is 1.93. The Morgan fingerprint density at radius 1 is 1.14 bits per heavy atom. The predicted molar refractivity (Wildman–Crippen MR) is 84.5 cm³/mol. The van der Waals surface area contributed by atoms with Crippen molar-refractivity contribution >= 4 is 17.2 Å². The largest absolute Gasteiger partial charge is 0.493 e. The third-order valence-corrected chi connectivity index (χ3v) is 3.04. The van der Waals surface area contributed by atoms with E-state index in [0.29, 0.717) is 28.7 Å². The van der Waals surface area contributed by atoms with E-state index in [1.807, 2.05) is 13.0 Å². The number of thiocarbonyl (C=S) groups is 1. The molecule has 0 amide bonds. The van der Waals surface area contributed by atoms with E-state index in [1.165, 1.54) is 0 Å². The number of nitrogens with zero attached hydrogens (tertiary/aromatic N) is 1. The SMILES string of the molecule is COc1cccc(OC)c1Oc1cc(C(N)=S)cc(C)n1. The maximum absolute atomic E-state index is 5.82. The van der Waals surface area contributed by atoms with Gasteiger partial charge in [0, 0.05) is 17.3 Å². The van der Waals surface area contributed by atoms with E-state index in [1.54, 1.807) is 38.5 Å². The monoisotopic (exact) mass is 304 g/mol. The molecule has 0 bridgehead atoms. The first-order valence-corrected chi connectivity index (χ1v) is 6.63. The fourth-order valence-electron chi connectivity index (χ4n) is 1.85. The van der Waals surface area contributed by atoms with Crippen molar-refractivity contribution in [2.75, 3.05) is 14.2 Å². The van der Waals surface area contributed by atoms with Crippen molar-refractivity contribution in [3.05, 3.63) is 41.6 Å². The van der Waals surface area contributed by atoms with Gasteiger partial charge in [-0.15, -0.1) is 0 Å². The van der Waals surface area contributed by atoms with Gasteiger partial charge < -0.3 is 19.9 Å². The zero-order chi connectivity index (χ0) is 15.4. The molecule has 2 N–H and O–H groups in total. The summed E-state index contributed by atoms with van der Waals surface area (Å²) in [5.41, 5.74) is 7.11. The highest BCUT2D eigenvalue weighted by molar-refractivity contribution is 7.80. The number of nitrogens with two attached hydrogens (primary N) is 1. The quantitative estimate of drug-likeness (QED) is 0.857. The summed E-state index contributed by atoms with van der Waals surface area (Å²) in [6, 6.07) is 8.86. The summed E-state index contributed by atoms with van der Waals surface area (Å²) in [6.07, 6.45) is 0. The summed E-state index contributed by atoms with van der Waals surface area (Å²) in [5, 5.41) is 0. The van der Waals surface area contributed by atoms with Crippen molar-refractivity contribution in [1.29, 1.82) is 0 Å². The van der Waals surface area contributed by atoms with Gasteiger partial charge in [0.1, 0.15) is 4.99 Å². The van der Waals surface area contributed by atoms with Crippen LogP contribution in [0.5, 0.6) is 23.1 Å². The Morgan fingerprint density at radius 2 is 1.76 bits per heavy atom. The summed E-state index contributed by atoms with van der Waals surface area (Å²) >= 11 is 4.99. The third-order valence-electron chi connectivity index (χ3n) is 2.80. The molecule has 0 unspecified atom stereocenters. The highest BCUT2D eigenvalue weighted by Crippen LogP contribution is 2.39. The Morgan fingerprint density at radius 3 is 2.29 bits per heavy atom. The lowest BCUT2D eigenvalue weighted by Gasteiger charge is -2.14. The second-order valence-corrected chi connectivity index (χ2v) is 4.73. The van der Waals surface area contributed by atoms with Crippen LogP contribution in [-0.2, 0) is 0 Å². The number of hydrogen-bond acceptors (Lipinski definition) is 5. The minimum atomic E-state index is 0.289. The standard InChI is InChI=1S/C15H16N2O3S/c1-9-7-10(15(16)21)8-13(17-9)20-14-11(18-2)5-4-6-12(14)19-3/h4-8H,1-3H3,(H2,16,21). The molecule has 2 rings (SSSR count). The number of para-hydroxylation sites is 1. The average molecular weight is 304 g/mol. The molecule has 110 valence electrons. The number of aryl methyl sites for hydroxylation is 1. The van der Waals surface area contributed by atoms with Crippen molar-refractivity contribution in [1.82, 2.24) is 4.98 Å². The zero-order valence-electron chi connectivity index (χ0n) is 12.0. The molecule has 1 aromatic carbocycles. The Labute approximate surface area is 128 Å². The van der Waals surface area contributed by atoms with Crippen molar-refractivity contribution in [3.63, 3.8) is 0 Å².